The minimum atomic E-state index is -0.281. The van der Waals surface area contributed by atoms with Crippen molar-refractivity contribution in [3.63, 3.8) is 0 Å². The maximum absolute atomic E-state index is 12.7. The first-order chi connectivity index (χ1) is 14.1. The van der Waals surface area contributed by atoms with E-state index >= 15 is 0 Å². The van der Waals surface area contributed by atoms with Crippen molar-refractivity contribution in [2.75, 3.05) is 18.8 Å². The molecule has 148 valence electrons. The normalized spacial score (nSPS) is 17.3. The number of imide groups is 1. The van der Waals surface area contributed by atoms with Crippen molar-refractivity contribution in [3.05, 3.63) is 65.2 Å². The lowest BCUT2D eigenvalue weighted by atomic mass is 10.1. The highest BCUT2D eigenvalue weighted by Gasteiger charge is 2.35. The molecule has 6 nitrogen and oxygen atoms in total. The van der Waals surface area contributed by atoms with E-state index in [1.54, 1.807) is 40.9 Å². The van der Waals surface area contributed by atoms with Crippen LogP contribution in [0.5, 0.6) is 0 Å². The van der Waals surface area contributed by atoms with Crippen LogP contribution in [-0.4, -0.2) is 51.5 Å². The second-order valence-electron chi connectivity index (χ2n) is 6.99. The van der Waals surface area contributed by atoms with Gasteiger partial charge in [-0.1, -0.05) is 42.1 Å². The van der Waals surface area contributed by atoms with E-state index in [9.17, 15) is 14.4 Å². The Morgan fingerprint density at radius 2 is 1.69 bits per heavy atom. The highest BCUT2D eigenvalue weighted by atomic mass is 32.2. The zero-order valence-corrected chi connectivity index (χ0v) is 16.9. The molecule has 0 aromatic heterocycles. The summed E-state index contributed by atoms with van der Waals surface area (Å²) in [5.41, 5.74) is 2.80. The fraction of sp³-hybridized carbons (Fsp3) is 0.273. The summed E-state index contributed by atoms with van der Waals surface area (Å²) < 4.78 is 0. The van der Waals surface area contributed by atoms with Gasteiger partial charge in [0.2, 0.25) is 5.91 Å². The summed E-state index contributed by atoms with van der Waals surface area (Å²) in [4.78, 5) is 45.2. The largest absolute Gasteiger partial charge is 0.290 e. The van der Waals surface area contributed by atoms with Gasteiger partial charge in [0.25, 0.3) is 11.8 Å². The minimum Gasteiger partial charge on any atom is -0.290 e. The van der Waals surface area contributed by atoms with Crippen molar-refractivity contribution < 1.29 is 14.4 Å². The molecule has 0 bridgehead atoms. The molecule has 0 N–H and O–H groups in total. The Kier molecular flexibility index (Phi) is 5.49. The fourth-order valence-electron chi connectivity index (χ4n) is 3.48. The van der Waals surface area contributed by atoms with Gasteiger partial charge in [-0.2, -0.15) is 0 Å². The fourth-order valence-corrected chi connectivity index (χ4v) is 4.45. The van der Waals surface area contributed by atoms with Crippen molar-refractivity contribution in [2.45, 2.75) is 19.8 Å². The van der Waals surface area contributed by atoms with Crippen LogP contribution in [0.4, 0.5) is 5.69 Å². The van der Waals surface area contributed by atoms with Crippen molar-refractivity contribution in [1.29, 1.82) is 0 Å². The summed E-state index contributed by atoms with van der Waals surface area (Å²) in [6.07, 6.45) is 0.698. The van der Waals surface area contributed by atoms with E-state index in [0.29, 0.717) is 29.3 Å². The van der Waals surface area contributed by atoms with Gasteiger partial charge >= 0.3 is 0 Å². The lowest BCUT2D eigenvalue weighted by Crippen LogP contribution is -2.34. The number of rotatable bonds is 5. The molecule has 0 spiro atoms. The quantitative estimate of drug-likeness (QED) is 0.710. The van der Waals surface area contributed by atoms with Gasteiger partial charge in [0.15, 0.2) is 5.17 Å². The van der Waals surface area contributed by atoms with Crippen LogP contribution in [0, 0.1) is 6.92 Å². The van der Waals surface area contributed by atoms with E-state index in [0.717, 1.165) is 17.0 Å². The van der Waals surface area contributed by atoms with Crippen molar-refractivity contribution >= 4 is 40.3 Å². The molecule has 0 saturated carbocycles. The molecule has 3 amide bonds. The molecular weight excluding hydrogens is 386 g/mol. The van der Waals surface area contributed by atoms with Crippen LogP contribution in [0.15, 0.2) is 53.5 Å². The first-order valence-electron chi connectivity index (χ1n) is 9.59. The molecule has 1 fully saturated rings. The Labute approximate surface area is 173 Å². The molecule has 2 aromatic rings. The Morgan fingerprint density at radius 1 is 1.03 bits per heavy atom. The summed E-state index contributed by atoms with van der Waals surface area (Å²) in [6.45, 7) is 2.86. The maximum atomic E-state index is 12.7. The number of aliphatic imine (C=N–C) groups is 1. The monoisotopic (exact) mass is 407 g/mol. The van der Waals surface area contributed by atoms with Gasteiger partial charge in [-0.05, 0) is 37.1 Å². The second kappa shape index (κ2) is 8.21. The Morgan fingerprint density at radius 3 is 2.38 bits per heavy atom. The number of para-hydroxylation sites is 1. The maximum Gasteiger partial charge on any atom is 0.261 e. The van der Waals surface area contributed by atoms with Gasteiger partial charge in [0, 0.05) is 25.3 Å². The van der Waals surface area contributed by atoms with Crippen molar-refractivity contribution in [3.8, 4) is 0 Å². The summed E-state index contributed by atoms with van der Waals surface area (Å²) in [5, 5.41) is 0.713. The van der Waals surface area contributed by atoms with Crippen LogP contribution < -0.4 is 0 Å². The van der Waals surface area contributed by atoms with Crippen LogP contribution in [0.2, 0.25) is 0 Å². The number of fused-ring (bicyclic) bond motifs is 1. The van der Waals surface area contributed by atoms with Crippen molar-refractivity contribution in [2.24, 2.45) is 4.99 Å². The van der Waals surface area contributed by atoms with Crippen molar-refractivity contribution in [1.82, 2.24) is 9.80 Å². The van der Waals surface area contributed by atoms with E-state index in [1.807, 2.05) is 31.2 Å². The van der Waals surface area contributed by atoms with Gasteiger partial charge in [-0.15, -0.1) is 0 Å². The Bertz CT molecular complexity index is 983. The van der Waals surface area contributed by atoms with Crippen LogP contribution in [0.3, 0.4) is 0 Å². The zero-order chi connectivity index (χ0) is 20.4. The molecule has 4 rings (SSSR count). The predicted octanol–water partition coefficient (Wildman–Crippen LogP) is 3.63. The Hall–Kier alpha value is -2.93. The standard InChI is InChI=1S/C22H21N3O3S/c1-15-7-2-5-10-18(15)23-22-24(13-14-29-22)19(26)11-6-12-25-20(27)16-8-3-4-9-17(16)21(25)28/h2-5,7-10H,6,11-14H2,1H3. The predicted molar refractivity (Wildman–Crippen MR) is 113 cm³/mol. The summed E-state index contributed by atoms with van der Waals surface area (Å²) >= 11 is 1.57. The molecule has 2 heterocycles. The first kappa shape index (κ1) is 19.4. The lowest BCUT2D eigenvalue weighted by molar-refractivity contribution is -0.127. The molecule has 0 radical (unpaired) electrons. The highest BCUT2D eigenvalue weighted by Crippen LogP contribution is 2.26. The minimum absolute atomic E-state index is 0.0288. The van der Waals surface area contributed by atoms with Crippen LogP contribution in [0.1, 0.15) is 39.1 Å². The number of benzene rings is 2. The van der Waals surface area contributed by atoms with E-state index in [1.165, 1.54) is 4.90 Å². The summed E-state index contributed by atoms with van der Waals surface area (Å²) in [7, 11) is 0. The highest BCUT2D eigenvalue weighted by molar-refractivity contribution is 8.14. The molecule has 7 heteroatoms. The lowest BCUT2D eigenvalue weighted by Gasteiger charge is -2.18. The van der Waals surface area contributed by atoms with Gasteiger partial charge in [0.05, 0.1) is 16.8 Å². The van der Waals surface area contributed by atoms with E-state index in [2.05, 4.69) is 4.99 Å². The van der Waals surface area contributed by atoms with Gasteiger partial charge in [0.1, 0.15) is 0 Å². The molecule has 2 aliphatic heterocycles. The van der Waals surface area contributed by atoms with E-state index in [-0.39, 0.29) is 30.7 Å². The van der Waals surface area contributed by atoms with E-state index < -0.39 is 0 Å². The zero-order valence-electron chi connectivity index (χ0n) is 16.1. The van der Waals surface area contributed by atoms with Crippen LogP contribution in [0.25, 0.3) is 0 Å². The third kappa shape index (κ3) is 3.82. The molecule has 29 heavy (non-hydrogen) atoms. The molecular formula is C22H21N3O3S. The third-order valence-electron chi connectivity index (χ3n) is 5.06. The summed E-state index contributed by atoms with van der Waals surface area (Å²) in [5.74, 6) is 0.224. The number of thioether (sulfide) groups is 1. The number of amides is 3. The van der Waals surface area contributed by atoms with Crippen LogP contribution >= 0.6 is 11.8 Å². The number of carbonyl (C=O) groups is 3. The summed E-state index contributed by atoms with van der Waals surface area (Å²) in [6, 6.07) is 14.6. The SMILES string of the molecule is Cc1ccccc1N=C1SCCN1C(=O)CCCN1C(=O)c2ccccc2C1=O. The molecule has 2 aromatic carbocycles. The average Bonchev–Trinajstić information content (AvgIpc) is 3.28. The Balaban J connectivity index is 1.37. The van der Waals surface area contributed by atoms with Crippen LogP contribution in [-0.2, 0) is 4.79 Å². The van der Waals surface area contributed by atoms with E-state index in [4.69, 9.17) is 0 Å². The molecule has 0 atom stereocenters. The van der Waals surface area contributed by atoms with Gasteiger partial charge in [-0.25, -0.2) is 4.99 Å². The number of nitrogens with zero attached hydrogens (tertiary/aromatic N) is 3. The number of hydrogen-bond acceptors (Lipinski definition) is 5. The number of carbonyl (C=O) groups excluding carboxylic acids is 3. The average molecular weight is 407 g/mol. The number of amidine groups is 1. The smallest absolute Gasteiger partial charge is 0.261 e. The second-order valence-corrected chi connectivity index (χ2v) is 8.05. The topological polar surface area (TPSA) is 70.1 Å². The molecule has 0 aliphatic carbocycles. The number of aryl methyl sites for hydroxylation is 1. The van der Waals surface area contributed by atoms with Gasteiger partial charge in [-0.3, -0.25) is 24.2 Å². The molecule has 1 saturated heterocycles. The molecule has 2 aliphatic rings. The number of hydrogen-bond donors (Lipinski definition) is 0. The third-order valence-corrected chi connectivity index (χ3v) is 6.02. The molecule has 0 unspecified atom stereocenters. The van der Waals surface area contributed by atoms with Gasteiger partial charge < -0.3 is 0 Å². The first-order valence-corrected chi connectivity index (χ1v) is 10.6.